The predicted octanol–water partition coefficient (Wildman–Crippen LogP) is 29.5. The summed E-state index contributed by atoms with van der Waals surface area (Å²) in [5, 5.41) is 57.4. The molecular weight excluding hydrogens is 1530 g/mol. The molecule has 16 aromatic carbocycles. The van der Waals surface area contributed by atoms with E-state index in [0.29, 0.717) is 22.3 Å². The molecule has 6 aromatic heterocycles. The fourth-order valence-corrected chi connectivity index (χ4v) is 20.4. The van der Waals surface area contributed by atoms with E-state index in [-0.39, 0.29) is 21.7 Å². The van der Waals surface area contributed by atoms with Gasteiger partial charge < -0.3 is 27.4 Å². The fourth-order valence-electron chi connectivity index (χ4n) is 20.4. The van der Waals surface area contributed by atoms with Gasteiger partial charge in [0.2, 0.25) is 0 Å². The highest BCUT2D eigenvalue weighted by Gasteiger charge is 2.32. The zero-order valence-corrected chi connectivity index (χ0v) is 72.3. The van der Waals surface area contributed by atoms with Crippen LogP contribution in [0.1, 0.15) is 126 Å². The van der Waals surface area contributed by atoms with E-state index < -0.39 is 0 Å². The van der Waals surface area contributed by atoms with Crippen molar-refractivity contribution in [1.29, 1.82) is 21.0 Å². The molecule has 22 aromatic rings. The standard InChI is InChI=1S/C116H88N10/c1-113(2,3)77-39-48-103-93(57-77)94-58-78(114(4,5)6)40-49-104(94)123(103)109-55-75(68-119)90(73-26-22-24-71(52-73)66-117)63-111(109)124-105-50-41-79(115(7,8)9)59-95(105)96-60-80(42-51-106(96)124)116(10,11)65-70-38-47-102-92(54-70)87-32-16-19-35-99(87)122(102)82-44-46-88-85-30-14-20-36-100(85)125(107(88)62-82)110-56-76(69-120)91(74-27-23-25-72(53-74)67-118)64-112(110)126-101-37-21-15-31-86(101)89-45-43-81(61-108(89)126)121-97-33-17-12-28-83(97)84-29-13-18-34-98(84)121/h12-64H,65H2,1-11H3. The summed E-state index contributed by atoms with van der Waals surface area (Å²) in [6, 6.07) is 126. The van der Waals surface area contributed by atoms with Crippen LogP contribution in [0.25, 0.3) is 187 Å². The summed E-state index contributed by atoms with van der Waals surface area (Å²) < 4.78 is 14.4. The highest BCUT2D eigenvalue weighted by Crippen LogP contribution is 2.49. The number of aromatic nitrogens is 6. The van der Waals surface area contributed by atoms with Crippen molar-refractivity contribution in [2.75, 3.05) is 0 Å². The second-order valence-corrected chi connectivity index (χ2v) is 38.0. The SMILES string of the molecule is CC(C)(C)c1ccc2c(c1)c1cc(C(C)(C)C)ccc1n2-c1cc(C#N)c(-c2cccc(C#N)c2)cc1-n1c2ccc(C(C)(C)C)cc2c2cc(C(C)(C)Cc3ccc4c(c3)c3ccccc3n4-c3ccc4c5ccccc5n(-c5cc(C#N)c(-c6cccc(C#N)c6)cc5-n5c6ccccc6c6ccc(-n7c8ccccc8c8ccccc87)cc65)c4c3)ccc21. The smallest absolute Gasteiger partial charge is 0.0998 e. The van der Waals surface area contributed by atoms with Gasteiger partial charge in [-0.2, -0.15) is 21.0 Å². The maximum Gasteiger partial charge on any atom is 0.0998 e. The van der Waals surface area contributed by atoms with Crippen LogP contribution in [0.4, 0.5) is 0 Å². The molecule has 0 aliphatic carbocycles. The Bertz CT molecular complexity index is 8530. The lowest BCUT2D eigenvalue weighted by atomic mass is 9.78. The molecule has 0 saturated heterocycles. The third kappa shape index (κ3) is 11.9. The Balaban J connectivity index is 0.702. The van der Waals surface area contributed by atoms with Crippen molar-refractivity contribution in [2.45, 2.75) is 104 Å². The van der Waals surface area contributed by atoms with E-state index in [4.69, 9.17) is 0 Å². The summed E-state index contributed by atoms with van der Waals surface area (Å²) >= 11 is 0. The van der Waals surface area contributed by atoms with E-state index >= 15 is 0 Å². The highest BCUT2D eigenvalue weighted by atomic mass is 15.1. The lowest BCUT2D eigenvalue weighted by Crippen LogP contribution is -2.20. The lowest BCUT2D eigenvalue weighted by Gasteiger charge is -2.26. The summed E-state index contributed by atoms with van der Waals surface area (Å²) in [6.45, 7) is 25.3. The van der Waals surface area contributed by atoms with Crippen LogP contribution in [0.3, 0.4) is 0 Å². The van der Waals surface area contributed by atoms with Gasteiger partial charge in [0.1, 0.15) is 0 Å². The third-order valence-corrected chi connectivity index (χ3v) is 26.7. The molecular formula is C116H88N10. The van der Waals surface area contributed by atoms with Crippen molar-refractivity contribution in [3.63, 3.8) is 0 Å². The van der Waals surface area contributed by atoms with Crippen molar-refractivity contribution < 1.29 is 0 Å². The molecule has 0 saturated carbocycles. The molecule has 0 unspecified atom stereocenters. The molecule has 10 nitrogen and oxygen atoms in total. The molecule has 10 heteroatoms. The van der Waals surface area contributed by atoms with E-state index in [1.54, 1.807) is 0 Å². The number of para-hydroxylation sites is 5. The quantitative estimate of drug-likeness (QED) is 0.128. The Morgan fingerprint density at radius 2 is 0.516 bits per heavy atom. The first-order valence-electron chi connectivity index (χ1n) is 43.4. The van der Waals surface area contributed by atoms with Gasteiger partial charge in [0.05, 0.1) is 135 Å². The minimum atomic E-state index is -0.384. The van der Waals surface area contributed by atoms with E-state index in [1.165, 1.54) is 38.6 Å². The average molecular weight is 1620 g/mol. The molecule has 602 valence electrons. The Morgan fingerprint density at radius 3 is 0.881 bits per heavy atom. The molecule has 0 amide bonds. The molecule has 126 heavy (non-hydrogen) atoms. The molecule has 0 bridgehead atoms. The molecule has 22 rings (SSSR count). The monoisotopic (exact) mass is 1620 g/mol. The van der Waals surface area contributed by atoms with Gasteiger partial charge in [-0.05, 0) is 231 Å². The summed E-state index contributed by atoms with van der Waals surface area (Å²) in [7, 11) is 0. The van der Waals surface area contributed by atoms with Crippen LogP contribution >= 0.6 is 0 Å². The van der Waals surface area contributed by atoms with Crippen LogP contribution in [0.2, 0.25) is 0 Å². The first-order valence-corrected chi connectivity index (χ1v) is 43.4. The van der Waals surface area contributed by atoms with Gasteiger partial charge in [0.15, 0.2) is 0 Å². The lowest BCUT2D eigenvalue weighted by molar-refractivity contribution is 0.523. The summed E-state index contributed by atoms with van der Waals surface area (Å²) in [5.41, 5.74) is 28.4. The Labute approximate surface area is 731 Å². The maximum absolute atomic E-state index is 11.6. The van der Waals surface area contributed by atoms with Crippen molar-refractivity contribution >= 4 is 131 Å². The largest absolute Gasteiger partial charge is 0.309 e. The molecule has 0 aliphatic rings. The van der Waals surface area contributed by atoms with Crippen LogP contribution in [0.5, 0.6) is 0 Å². The molecule has 0 N–H and O–H groups in total. The molecule has 0 aliphatic heterocycles. The molecule has 0 fully saturated rings. The number of nitrogens with zero attached hydrogens (tertiary/aromatic N) is 10. The second-order valence-electron chi connectivity index (χ2n) is 38.0. The van der Waals surface area contributed by atoms with E-state index in [2.05, 4.69) is 401 Å². The van der Waals surface area contributed by atoms with E-state index in [1.807, 2.05) is 48.5 Å². The van der Waals surface area contributed by atoms with Gasteiger partial charge in [0.25, 0.3) is 0 Å². The molecule has 0 atom stereocenters. The Hall–Kier alpha value is -15.7. The minimum Gasteiger partial charge on any atom is -0.309 e. The number of rotatable bonds is 11. The first-order chi connectivity index (χ1) is 60.9. The second kappa shape index (κ2) is 28.2. The normalized spacial score (nSPS) is 12.4. The van der Waals surface area contributed by atoms with Crippen molar-refractivity contribution in [3.05, 3.63) is 372 Å². The zero-order valence-electron chi connectivity index (χ0n) is 72.3. The van der Waals surface area contributed by atoms with Crippen molar-refractivity contribution in [1.82, 2.24) is 27.4 Å². The maximum atomic E-state index is 11.6. The Kier molecular flexibility index (Phi) is 17.1. The van der Waals surface area contributed by atoms with Crippen LogP contribution in [0.15, 0.2) is 322 Å². The third-order valence-electron chi connectivity index (χ3n) is 26.7. The van der Waals surface area contributed by atoms with E-state index in [9.17, 15) is 21.0 Å². The van der Waals surface area contributed by atoms with E-state index in [0.717, 1.165) is 183 Å². The minimum absolute atomic E-state index is 0.110. The number of fused-ring (bicyclic) bond motifs is 18. The molecule has 6 heterocycles. The van der Waals surface area contributed by atoms with Crippen LogP contribution in [-0.4, -0.2) is 27.4 Å². The highest BCUT2D eigenvalue weighted by molar-refractivity contribution is 6.17. The van der Waals surface area contributed by atoms with Gasteiger partial charge in [-0.3, -0.25) is 0 Å². The summed E-state index contributed by atoms with van der Waals surface area (Å²) in [6.07, 6.45) is 0.738. The van der Waals surface area contributed by atoms with Crippen molar-refractivity contribution in [3.8, 4) is 80.7 Å². The number of hydrogen-bond donors (Lipinski definition) is 0. The molecule has 0 spiro atoms. The number of benzene rings is 16. The van der Waals surface area contributed by atoms with Gasteiger partial charge in [-0.25, -0.2) is 0 Å². The summed E-state index contributed by atoms with van der Waals surface area (Å²) in [4.78, 5) is 0. The van der Waals surface area contributed by atoms with Gasteiger partial charge >= 0.3 is 0 Å². The van der Waals surface area contributed by atoms with Gasteiger partial charge in [-0.15, -0.1) is 0 Å². The van der Waals surface area contributed by atoms with Crippen molar-refractivity contribution in [2.24, 2.45) is 0 Å². The van der Waals surface area contributed by atoms with Crippen LogP contribution in [0, 0.1) is 45.3 Å². The first kappa shape index (κ1) is 76.4. The number of nitriles is 4. The Morgan fingerprint density at radius 1 is 0.222 bits per heavy atom. The van der Waals surface area contributed by atoms with Crippen LogP contribution in [-0.2, 0) is 28.1 Å². The topological polar surface area (TPSA) is 125 Å². The molecule has 0 radical (unpaired) electrons. The summed E-state index contributed by atoms with van der Waals surface area (Å²) in [5.74, 6) is 0. The van der Waals surface area contributed by atoms with Gasteiger partial charge in [-0.1, -0.05) is 234 Å². The number of hydrogen-bond acceptors (Lipinski definition) is 4. The van der Waals surface area contributed by atoms with Gasteiger partial charge in [0, 0.05) is 87.1 Å². The predicted molar refractivity (Wildman–Crippen MR) is 521 cm³/mol. The zero-order chi connectivity index (χ0) is 86.3. The van der Waals surface area contributed by atoms with Crippen LogP contribution < -0.4 is 0 Å². The fraction of sp³-hybridized carbons (Fsp3) is 0.138. The average Bonchev–Trinajstić information content (AvgIpc) is 1.54.